The van der Waals surface area contributed by atoms with E-state index in [-0.39, 0.29) is 18.2 Å². The molecule has 34 heavy (non-hydrogen) atoms. The van der Waals surface area contributed by atoms with Gasteiger partial charge in [0.25, 0.3) is 5.91 Å². The van der Waals surface area contributed by atoms with Crippen LogP contribution in [0.1, 0.15) is 27.7 Å². The average Bonchev–Trinajstić information content (AvgIpc) is 3.51. The Kier molecular flexibility index (Phi) is 8.00. The molecular weight excluding hydrogens is 452 g/mol. The van der Waals surface area contributed by atoms with Crippen molar-refractivity contribution in [2.75, 3.05) is 20.0 Å². The first-order valence-electron chi connectivity index (χ1n) is 10.8. The van der Waals surface area contributed by atoms with Crippen LogP contribution in [0.15, 0.2) is 76.3 Å². The molecule has 0 fully saturated rings. The molecule has 4 aromatic rings. The molecule has 0 bridgehead atoms. The zero-order valence-electron chi connectivity index (χ0n) is 19.1. The quantitative estimate of drug-likeness (QED) is 0.322. The van der Waals surface area contributed by atoms with Crippen molar-refractivity contribution in [3.05, 3.63) is 89.6 Å². The van der Waals surface area contributed by atoms with E-state index in [4.69, 9.17) is 13.9 Å². The van der Waals surface area contributed by atoms with Crippen LogP contribution in [0.2, 0.25) is 0 Å². The Labute approximate surface area is 202 Å². The molecule has 0 atom stereocenters. The maximum Gasteiger partial charge on any atom is 0.287 e. The number of thioether (sulfide) groups is 1. The summed E-state index contributed by atoms with van der Waals surface area (Å²) in [5.41, 5.74) is 2.12. The molecular formula is C25H26N4O4S. The van der Waals surface area contributed by atoms with Crippen molar-refractivity contribution >= 4 is 17.7 Å². The van der Waals surface area contributed by atoms with Gasteiger partial charge in [-0.2, -0.15) is 0 Å². The Morgan fingerprint density at radius 1 is 1.06 bits per heavy atom. The van der Waals surface area contributed by atoms with Crippen LogP contribution in [0.4, 0.5) is 0 Å². The lowest BCUT2D eigenvalue weighted by Crippen LogP contribution is -2.24. The van der Waals surface area contributed by atoms with Crippen LogP contribution in [0.25, 0.3) is 5.69 Å². The first-order valence-corrected chi connectivity index (χ1v) is 11.8. The second kappa shape index (κ2) is 11.5. The highest BCUT2D eigenvalue weighted by atomic mass is 32.2. The van der Waals surface area contributed by atoms with Crippen LogP contribution < -0.4 is 10.1 Å². The van der Waals surface area contributed by atoms with Crippen molar-refractivity contribution in [3.63, 3.8) is 0 Å². The minimum atomic E-state index is -0.333. The van der Waals surface area contributed by atoms with E-state index >= 15 is 0 Å². The maximum atomic E-state index is 12.6. The smallest absolute Gasteiger partial charge is 0.287 e. The molecule has 1 amide bonds. The van der Waals surface area contributed by atoms with E-state index in [1.165, 1.54) is 5.56 Å². The molecule has 0 saturated heterocycles. The van der Waals surface area contributed by atoms with E-state index in [1.54, 1.807) is 38.1 Å². The van der Waals surface area contributed by atoms with Crippen molar-refractivity contribution in [2.24, 2.45) is 0 Å². The summed E-state index contributed by atoms with van der Waals surface area (Å²) < 4.78 is 17.9. The molecule has 1 N–H and O–H groups in total. The lowest BCUT2D eigenvalue weighted by Gasteiger charge is -2.12. The number of nitrogens with zero attached hydrogens (tertiary/aromatic N) is 3. The minimum Gasteiger partial charge on any atom is -0.497 e. The molecule has 176 valence electrons. The lowest BCUT2D eigenvalue weighted by atomic mass is 10.2. The molecule has 2 aromatic heterocycles. The molecule has 0 aliphatic rings. The van der Waals surface area contributed by atoms with E-state index in [1.807, 2.05) is 47.0 Å². The van der Waals surface area contributed by atoms with Gasteiger partial charge in [-0.1, -0.05) is 48.2 Å². The highest BCUT2D eigenvalue weighted by Gasteiger charge is 2.17. The predicted molar refractivity (Wildman–Crippen MR) is 129 cm³/mol. The number of hydrogen-bond acceptors (Lipinski definition) is 7. The molecule has 0 aliphatic carbocycles. The number of nitrogens with one attached hydrogen (secondary N) is 1. The van der Waals surface area contributed by atoms with E-state index in [9.17, 15) is 4.79 Å². The van der Waals surface area contributed by atoms with Crippen LogP contribution in [0, 0.1) is 0 Å². The molecule has 2 aromatic carbocycles. The summed E-state index contributed by atoms with van der Waals surface area (Å²) in [5.74, 6) is 2.64. The van der Waals surface area contributed by atoms with Gasteiger partial charge in [0.2, 0.25) is 0 Å². The molecule has 2 heterocycles. The highest BCUT2D eigenvalue weighted by Crippen LogP contribution is 2.25. The average molecular weight is 479 g/mol. The third-order valence-corrected chi connectivity index (χ3v) is 5.99. The number of hydrogen-bond donors (Lipinski definition) is 1. The van der Waals surface area contributed by atoms with Crippen molar-refractivity contribution in [1.82, 2.24) is 20.1 Å². The first kappa shape index (κ1) is 23.6. The number of carbonyl (C=O) groups excluding carboxylic acids is 1. The molecule has 0 saturated carbocycles. The number of aryl methyl sites for hydroxylation is 1. The topological polar surface area (TPSA) is 91.4 Å². The molecule has 9 heteroatoms. The largest absolute Gasteiger partial charge is 0.497 e. The van der Waals surface area contributed by atoms with Gasteiger partial charge in [0.15, 0.2) is 16.7 Å². The summed E-state index contributed by atoms with van der Waals surface area (Å²) in [7, 11) is 3.20. The Bertz CT molecular complexity index is 1220. The normalized spacial score (nSPS) is 10.9. The van der Waals surface area contributed by atoms with E-state index < -0.39 is 0 Å². The van der Waals surface area contributed by atoms with Gasteiger partial charge >= 0.3 is 0 Å². The number of carbonyl (C=O) groups is 1. The lowest BCUT2D eigenvalue weighted by molar-refractivity contribution is 0.0913. The molecule has 0 radical (unpaired) electrons. The third kappa shape index (κ3) is 5.86. The molecule has 8 nitrogen and oxygen atoms in total. The molecule has 4 rings (SSSR count). The van der Waals surface area contributed by atoms with Gasteiger partial charge in [-0.25, -0.2) is 0 Å². The Morgan fingerprint density at radius 3 is 2.71 bits per heavy atom. The molecule has 0 unspecified atom stereocenters. The van der Waals surface area contributed by atoms with Gasteiger partial charge in [-0.15, -0.1) is 10.2 Å². The zero-order valence-corrected chi connectivity index (χ0v) is 19.9. The summed E-state index contributed by atoms with van der Waals surface area (Å²) in [6.07, 6.45) is 0.908. The van der Waals surface area contributed by atoms with Gasteiger partial charge in [0.1, 0.15) is 18.1 Å². The zero-order chi connectivity index (χ0) is 23.8. The highest BCUT2D eigenvalue weighted by molar-refractivity contribution is 7.99. The van der Waals surface area contributed by atoms with Crippen molar-refractivity contribution in [2.45, 2.75) is 24.7 Å². The van der Waals surface area contributed by atoms with Crippen LogP contribution in [0.5, 0.6) is 5.75 Å². The van der Waals surface area contributed by atoms with Crippen LogP contribution >= 0.6 is 11.8 Å². The predicted octanol–water partition coefficient (Wildman–Crippen LogP) is 4.28. The second-order valence-corrected chi connectivity index (χ2v) is 8.46. The Hall–Kier alpha value is -3.56. The van der Waals surface area contributed by atoms with Crippen molar-refractivity contribution in [1.29, 1.82) is 0 Å². The number of aromatic nitrogens is 3. The van der Waals surface area contributed by atoms with Crippen LogP contribution in [-0.2, 0) is 24.3 Å². The van der Waals surface area contributed by atoms with Gasteiger partial charge in [0.05, 0.1) is 19.3 Å². The minimum absolute atomic E-state index is 0.183. The summed E-state index contributed by atoms with van der Waals surface area (Å²) in [6.45, 7) is 0.490. The standard InChI is InChI=1S/C25H26N4O4S/c1-31-17-21-11-12-22(33-21)24(30)26-16-23-27-28-25(34-14-13-18-7-4-3-5-8-18)29(23)19-9-6-10-20(15-19)32-2/h3-12,15H,13-14,16-17H2,1-2H3,(H,26,30). The number of methoxy groups -OCH3 is 2. The maximum absolute atomic E-state index is 12.6. The van der Waals surface area contributed by atoms with E-state index in [2.05, 4.69) is 27.6 Å². The van der Waals surface area contributed by atoms with Gasteiger partial charge < -0.3 is 19.2 Å². The second-order valence-electron chi connectivity index (χ2n) is 7.40. The fraction of sp³-hybridized carbons (Fsp3) is 0.240. The number of benzene rings is 2. The molecule has 0 aliphatic heterocycles. The first-order chi connectivity index (χ1) is 16.7. The van der Waals surface area contributed by atoms with Gasteiger partial charge in [-0.3, -0.25) is 9.36 Å². The van der Waals surface area contributed by atoms with E-state index in [0.29, 0.717) is 18.2 Å². The van der Waals surface area contributed by atoms with Gasteiger partial charge in [0, 0.05) is 18.9 Å². The monoisotopic (exact) mass is 478 g/mol. The number of furan rings is 1. The summed E-state index contributed by atoms with van der Waals surface area (Å²) in [5, 5.41) is 12.4. The number of ether oxygens (including phenoxy) is 2. The number of amides is 1. The fourth-order valence-electron chi connectivity index (χ4n) is 3.39. The van der Waals surface area contributed by atoms with Crippen LogP contribution in [-0.4, -0.2) is 40.6 Å². The fourth-order valence-corrected chi connectivity index (χ4v) is 4.35. The third-order valence-electron chi connectivity index (χ3n) is 5.06. The number of rotatable bonds is 11. The summed E-state index contributed by atoms with van der Waals surface area (Å²) in [6, 6.07) is 21.3. The Balaban J connectivity index is 1.51. The van der Waals surface area contributed by atoms with Crippen molar-refractivity contribution in [3.8, 4) is 11.4 Å². The molecule has 0 spiro atoms. The Morgan fingerprint density at radius 2 is 1.91 bits per heavy atom. The van der Waals surface area contributed by atoms with E-state index in [0.717, 1.165) is 28.8 Å². The SMILES string of the molecule is COCc1ccc(C(=O)NCc2nnc(SCCc3ccccc3)n2-c2cccc(OC)c2)o1. The summed E-state index contributed by atoms with van der Waals surface area (Å²) >= 11 is 1.61. The van der Waals surface area contributed by atoms with Crippen LogP contribution in [0.3, 0.4) is 0 Å². The van der Waals surface area contributed by atoms with Crippen molar-refractivity contribution < 1.29 is 18.7 Å². The van der Waals surface area contributed by atoms with Gasteiger partial charge in [-0.05, 0) is 36.2 Å². The summed E-state index contributed by atoms with van der Waals surface area (Å²) in [4.78, 5) is 12.6.